The molecule has 0 saturated carbocycles. The van der Waals surface area contributed by atoms with Crippen LogP contribution in [0.5, 0.6) is 11.5 Å². The van der Waals surface area contributed by atoms with E-state index in [9.17, 15) is 4.79 Å². The van der Waals surface area contributed by atoms with E-state index in [1.165, 1.54) is 30.4 Å². The van der Waals surface area contributed by atoms with Crippen LogP contribution in [0, 0.1) is 0 Å². The molecule has 2 aromatic carbocycles. The summed E-state index contributed by atoms with van der Waals surface area (Å²) >= 11 is 0. The van der Waals surface area contributed by atoms with Gasteiger partial charge in [0, 0.05) is 6.54 Å². The van der Waals surface area contributed by atoms with Crippen LogP contribution in [0.2, 0.25) is 0 Å². The summed E-state index contributed by atoms with van der Waals surface area (Å²) in [6.45, 7) is 0.768. The van der Waals surface area contributed by atoms with Crippen LogP contribution in [0.15, 0.2) is 36.4 Å². The highest BCUT2D eigenvalue weighted by Crippen LogP contribution is 2.32. The van der Waals surface area contributed by atoms with E-state index < -0.39 is 0 Å². The Morgan fingerprint density at radius 2 is 1.71 bits per heavy atom. The molecule has 2 aromatic rings. The predicted octanol–water partition coefficient (Wildman–Crippen LogP) is 3.15. The van der Waals surface area contributed by atoms with Gasteiger partial charge in [0.15, 0.2) is 11.5 Å². The topological polar surface area (TPSA) is 47.6 Å². The minimum absolute atomic E-state index is 0.0448. The van der Waals surface area contributed by atoms with Crippen LogP contribution in [0.1, 0.15) is 35.1 Å². The molecule has 0 unspecified atom stereocenters. The molecule has 0 aromatic heterocycles. The van der Waals surface area contributed by atoms with Crippen molar-refractivity contribution >= 4 is 5.91 Å². The lowest BCUT2D eigenvalue weighted by Crippen LogP contribution is -2.24. The summed E-state index contributed by atoms with van der Waals surface area (Å²) in [5, 5.41) is 2.98. The standard InChI is InChI=1S/C20H21NO3/c22-20(11-14-5-7-16-3-1-2-4-17(16)9-14)21-12-15-6-8-18-19(10-15)24-13-23-18/h5-10H,1-4,11-13H2,(H,21,22). The molecule has 0 atom stereocenters. The van der Waals surface area contributed by atoms with Gasteiger partial charge in [-0.2, -0.15) is 0 Å². The number of benzene rings is 2. The van der Waals surface area contributed by atoms with Gasteiger partial charge in [0.25, 0.3) is 0 Å². The number of carbonyl (C=O) groups excluding carboxylic acids is 1. The Balaban J connectivity index is 1.35. The van der Waals surface area contributed by atoms with Crippen LogP contribution in [0.4, 0.5) is 0 Å². The quantitative estimate of drug-likeness (QED) is 0.940. The van der Waals surface area contributed by atoms with Crippen molar-refractivity contribution in [2.24, 2.45) is 0 Å². The average Bonchev–Trinajstić information content (AvgIpc) is 3.07. The highest BCUT2D eigenvalue weighted by molar-refractivity contribution is 5.78. The van der Waals surface area contributed by atoms with E-state index in [1.807, 2.05) is 18.2 Å². The molecular weight excluding hydrogens is 302 g/mol. The summed E-state index contributed by atoms with van der Waals surface area (Å²) in [7, 11) is 0. The maximum absolute atomic E-state index is 12.2. The van der Waals surface area contributed by atoms with Crippen LogP contribution in [-0.4, -0.2) is 12.7 Å². The Labute approximate surface area is 141 Å². The maximum atomic E-state index is 12.2. The molecule has 2 aliphatic rings. The van der Waals surface area contributed by atoms with Crippen molar-refractivity contribution in [2.45, 2.75) is 38.6 Å². The third-order valence-electron chi connectivity index (χ3n) is 4.70. The molecule has 1 N–H and O–H groups in total. The highest BCUT2D eigenvalue weighted by atomic mass is 16.7. The van der Waals surface area contributed by atoms with Crippen LogP contribution in [0.3, 0.4) is 0 Å². The molecule has 0 saturated heterocycles. The third kappa shape index (κ3) is 3.23. The number of rotatable bonds is 4. The van der Waals surface area contributed by atoms with Crippen molar-refractivity contribution in [3.05, 3.63) is 58.7 Å². The minimum Gasteiger partial charge on any atom is -0.454 e. The van der Waals surface area contributed by atoms with E-state index in [0.29, 0.717) is 13.0 Å². The highest BCUT2D eigenvalue weighted by Gasteiger charge is 2.14. The molecule has 1 aliphatic heterocycles. The largest absolute Gasteiger partial charge is 0.454 e. The molecule has 4 heteroatoms. The zero-order chi connectivity index (χ0) is 16.4. The fourth-order valence-electron chi connectivity index (χ4n) is 3.40. The number of hydrogen-bond acceptors (Lipinski definition) is 3. The summed E-state index contributed by atoms with van der Waals surface area (Å²) in [6, 6.07) is 12.2. The van der Waals surface area contributed by atoms with Gasteiger partial charge in [0.1, 0.15) is 0 Å². The zero-order valence-electron chi connectivity index (χ0n) is 13.6. The molecule has 24 heavy (non-hydrogen) atoms. The van der Waals surface area contributed by atoms with E-state index in [-0.39, 0.29) is 12.7 Å². The van der Waals surface area contributed by atoms with Crippen LogP contribution < -0.4 is 14.8 Å². The molecule has 4 rings (SSSR count). The SMILES string of the molecule is O=C(Cc1ccc2c(c1)CCCC2)NCc1ccc2c(c1)OCO2. The van der Waals surface area contributed by atoms with Crippen molar-refractivity contribution in [3.63, 3.8) is 0 Å². The number of carbonyl (C=O) groups is 1. The Bertz CT molecular complexity index is 769. The molecule has 1 heterocycles. The van der Waals surface area contributed by atoms with E-state index in [2.05, 4.69) is 23.5 Å². The molecule has 0 fully saturated rings. The summed E-state index contributed by atoms with van der Waals surface area (Å²) in [6.07, 6.45) is 5.28. The van der Waals surface area contributed by atoms with Crippen LogP contribution in [-0.2, 0) is 30.6 Å². The van der Waals surface area contributed by atoms with E-state index in [1.54, 1.807) is 0 Å². The van der Waals surface area contributed by atoms with E-state index >= 15 is 0 Å². The molecule has 1 amide bonds. The Kier molecular flexibility index (Phi) is 4.11. The third-order valence-corrected chi connectivity index (χ3v) is 4.70. The number of nitrogens with one attached hydrogen (secondary N) is 1. The minimum atomic E-state index is 0.0448. The first kappa shape index (κ1) is 15.1. The van der Waals surface area contributed by atoms with Gasteiger partial charge < -0.3 is 14.8 Å². The van der Waals surface area contributed by atoms with Crippen molar-refractivity contribution in [3.8, 4) is 11.5 Å². The first-order chi connectivity index (χ1) is 11.8. The number of amides is 1. The van der Waals surface area contributed by atoms with Crippen molar-refractivity contribution in [2.75, 3.05) is 6.79 Å². The zero-order valence-corrected chi connectivity index (χ0v) is 13.6. The van der Waals surface area contributed by atoms with Gasteiger partial charge in [-0.25, -0.2) is 0 Å². The summed E-state index contributed by atoms with van der Waals surface area (Å²) in [5.74, 6) is 1.55. The number of ether oxygens (including phenoxy) is 2. The smallest absolute Gasteiger partial charge is 0.231 e. The van der Waals surface area contributed by atoms with Crippen LogP contribution >= 0.6 is 0 Å². The number of hydrogen-bond donors (Lipinski definition) is 1. The predicted molar refractivity (Wildman–Crippen MR) is 91.2 cm³/mol. The lowest BCUT2D eigenvalue weighted by molar-refractivity contribution is -0.120. The Morgan fingerprint density at radius 3 is 2.62 bits per heavy atom. The van der Waals surface area contributed by atoms with Gasteiger partial charge in [-0.3, -0.25) is 4.79 Å². The molecule has 0 spiro atoms. The van der Waals surface area contributed by atoms with Gasteiger partial charge in [0.2, 0.25) is 12.7 Å². The fourth-order valence-corrected chi connectivity index (χ4v) is 3.40. The lowest BCUT2D eigenvalue weighted by Gasteiger charge is -2.16. The summed E-state index contributed by atoms with van der Waals surface area (Å²) in [5.41, 5.74) is 4.98. The second-order valence-corrected chi connectivity index (χ2v) is 6.45. The molecular formula is C20H21NO3. The second-order valence-electron chi connectivity index (χ2n) is 6.45. The van der Waals surface area contributed by atoms with E-state index in [0.717, 1.165) is 29.0 Å². The molecule has 4 nitrogen and oxygen atoms in total. The monoisotopic (exact) mass is 323 g/mol. The Hall–Kier alpha value is -2.49. The fraction of sp³-hybridized carbons (Fsp3) is 0.350. The molecule has 0 bridgehead atoms. The normalized spacial score (nSPS) is 15.0. The van der Waals surface area contributed by atoms with Crippen molar-refractivity contribution in [1.82, 2.24) is 5.32 Å². The summed E-state index contributed by atoms with van der Waals surface area (Å²) in [4.78, 5) is 12.2. The summed E-state index contributed by atoms with van der Waals surface area (Å²) < 4.78 is 10.7. The van der Waals surface area contributed by atoms with Gasteiger partial charge in [-0.15, -0.1) is 0 Å². The second kappa shape index (κ2) is 6.56. The van der Waals surface area contributed by atoms with Gasteiger partial charge >= 0.3 is 0 Å². The maximum Gasteiger partial charge on any atom is 0.231 e. The van der Waals surface area contributed by atoms with Gasteiger partial charge in [0.05, 0.1) is 6.42 Å². The molecule has 124 valence electrons. The number of fused-ring (bicyclic) bond motifs is 2. The lowest BCUT2D eigenvalue weighted by atomic mass is 9.90. The molecule has 1 aliphatic carbocycles. The van der Waals surface area contributed by atoms with Crippen molar-refractivity contribution in [1.29, 1.82) is 0 Å². The van der Waals surface area contributed by atoms with Gasteiger partial charge in [-0.05, 0) is 60.1 Å². The van der Waals surface area contributed by atoms with Crippen LogP contribution in [0.25, 0.3) is 0 Å². The average molecular weight is 323 g/mol. The number of aryl methyl sites for hydroxylation is 2. The van der Waals surface area contributed by atoms with Crippen molar-refractivity contribution < 1.29 is 14.3 Å². The molecule has 0 radical (unpaired) electrons. The first-order valence-electron chi connectivity index (χ1n) is 8.54. The first-order valence-corrected chi connectivity index (χ1v) is 8.54. The van der Waals surface area contributed by atoms with E-state index in [4.69, 9.17) is 9.47 Å². The Morgan fingerprint density at radius 1 is 0.917 bits per heavy atom. The van der Waals surface area contributed by atoms with Gasteiger partial charge in [-0.1, -0.05) is 24.3 Å².